The van der Waals surface area contributed by atoms with Crippen LogP contribution in [-0.2, 0) is 10.9 Å². The number of likely N-dealkylation sites (tertiary alicyclic amines) is 1. The summed E-state index contributed by atoms with van der Waals surface area (Å²) in [4.78, 5) is 12.3. The fourth-order valence-corrected chi connectivity index (χ4v) is 6.89. The third-order valence-electron chi connectivity index (χ3n) is 9.98. The molecule has 13 heteroatoms. The maximum Gasteiger partial charge on any atom is 0.418 e. The number of pyridine rings is 1. The lowest BCUT2D eigenvalue weighted by atomic mass is 9.85. The van der Waals surface area contributed by atoms with Crippen LogP contribution in [0.1, 0.15) is 104 Å². The molecule has 0 amide bonds. The zero-order chi connectivity index (χ0) is 38.4. The number of halogens is 7. The van der Waals surface area contributed by atoms with Crippen LogP contribution in [0.2, 0.25) is 0 Å². The highest BCUT2D eigenvalue weighted by molar-refractivity contribution is 6.21. The fraction of sp³-hybridized carbons (Fsp3) is 0.632. The van der Waals surface area contributed by atoms with E-state index in [1.54, 1.807) is 19.9 Å². The molecule has 0 saturated carbocycles. The molecule has 0 aromatic carbocycles. The molecule has 0 bridgehead atoms. The third-order valence-corrected chi connectivity index (χ3v) is 9.98. The molecule has 51 heavy (non-hydrogen) atoms. The molecule has 1 aliphatic carbocycles. The number of aromatic nitrogens is 1. The normalized spacial score (nSPS) is 21.0. The topological polar surface area (TPSA) is 67.0 Å². The van der Waals surface area contributed by atoms with Gasteiger partial charge in [0, 0.05) is 29.9 Å². The number of ether oxygens (including phenoxy) is 1. The lowest BCUT2D eigenvalue weighted by molar-refractivity contribution is -0.138. The standard InChI is InChI=1S/C38H54F7N5O/c1-10-14-31(51-21-26-15-13-18-49(26)9)48-35-27(25(8)50(12-3)29(22(4)5)17-16-23(6)11-2)20-28(37(40,41)42)32(34(35)39)36-33(38(43,44)45)24(7)19-30(46)47-36/h14,19-20,22-23,26,29H,10-13,15-18,21H2,1-9H3,(H2,46,47)/b27-25+,31-14-,48-35+. The number of aryl methyl sites for hydroxylation is 1. The maximum absolute atomic E-state index is 17.3. The fourth-order valence-electron chi connectivity index (χ4n) is 6.89. The Labute approximate surface area is 298 Å². The summed E-state index contributed by atoms with van der Waals surface area (Å²) in [6.45, 7) is 16.0. The van der Waals surface area contributed by atoms with Gasteiger partial charge in [-0.05, 0) is 102 Å². The lowest BCUT2D eigenvalue weighted by Crippen LogP contribution is -2.39. The Bertz CT molecular complexity index is 1540. The minimum absolute atomic E-state index is 0.0375. The molecule has 1 fully saturated rings. The van der Waals surface area contributed by atoms with Crippen molar-refractivity contribution in [2.75, 3.05) is 32.5 Å². The van der Waals surface area contributed by atoms with Gasteiger partial charge >= 0.3 is 12.4 Å². The number of hydrogen-bond acceptors (Lipinski definition) is 6. The molecule has 0 radical (unpaired) electrons. The van der Waals surface area contributed by atoms with Crippen molar-refractivity contribution in [3.8, 4) is 0 Å². The third kappa shape index (κ3) is 10.2. The van der Waals surface area contributed by atoms with E-state index in [2.05, 4.69) is 28.7 Å². The van der Waals surface area contributed by atoms with E-state index in [-0.39, 0.29) is 36.1 Å². The Balaban J connectivity index is 2.43. The lowest BCUT2D eigenvalue weighted by Gasteiger charge is -2.38. The van der Waals surface area contributed by atoms with Gasteiger partial charge in [0.25, 0.3) is 0 Å². The molecule has 2 N–H and O–H groups in total. The molecule has 1 aromatic heterocycles. The first-order chi connectivity index (χ1) is 23.8. The van der Waals surface area contributed by atoms with Crippen LogP contribution in [-0.4, -0.2) is 65.5 Å². The van der Waals surface area contributed by atoms with E-state index >= 15 is 17.6 Å². The summed E-state index contributed by atoms with van der Waals surface area (Å²) in [6, 6.07) is 0.821. The van der Waals surface area contributed by atoms with Gasteiger partial charge in [0.15, 0.2) is 5.83 Å². The number of alkyl halides is 6. The van der Waals surface area contributed by atoms with Gasteiger partial charge in [0.1, 0.15) is 18.1 Å². The van der Waals surface area contributed by atoms with Crippen LogP contribution in [0.5, 0.6) is 0 Å². The first-order valence-corrected chi connectivity index (χ1v) is 17.9. The average Bonchev–Trinajstić information content (AvgIpc) is 3.44. The van der Waals surface area contributed by atoms with Crippen molar-refractivity contribution in [2.45, 2.75) is 118 Å². The van der Waals surface area contributed by atoms with Gasteiger partial charge in [-0.15, -0.1) is 0 Å². The van der Waals surface area contributed by atoms with Crippen molar-refractivity contribution in [1.29, 1.82) is 0 Å². The van der Waals surface area contributed by atoms with Crippen molar-refractivity contribution in [1.82, 2.24) is 14.8 Å². The van der Waals surface area contributed by atoms with Crippen LogP contribution in [0.15, 0.2) is 51.8 Å². The Morgan fingerprint density at radius 1 is 1.12 bits per heavy atom. The molecular formula is C38H54F7N5O. The number of rotatable bonds is 14. The second kappa shape index (κ2) is 17.4. The summed E-state index contributed by atoms with van der Waals surface area (Å²) in [7, 11) is 1.95. The molecule has 286 valence electrons. The molecule has 0 spiro atoms. The van der Waals surface area contributed by atoms with Crippen molar-refractivity contribution in [2.24, 2.45) is 16.8 Å². The van der Waals surface area contributed by atoms with E-state index in [9.17, 15) is 13.2 Å². The maximum atomic E-state index is 17.3. The molecule has 3 unspecified atom stereocenters. The molecule has 3 rings (SSSR count). The number of anilines is 1. The van der Waals surface area contributed by atoms with Crippen molar-refractivity contribution < 1.29 is 35.5 Å². The summed E-state index contributed by atoms with van der Waals surface area (Å²) in [5, 5.41) is 0. The molecule has 2 aliphatic rings. The predicted octanol–water partition coefficient (Wildman–Crippen LogP) is 10.4. The number of likely N-dealkylation sites (N-methyl/N-ethyl adjacent to an activating group) is 1. The Morgan fingerprint density at radius 3 is 2.29 bits per heavy atom. The molecule has 6 nitrogen and oxygen atoms in total. The van der Waals surface area contributed by atoms with Crippen LogP contribution in [0.4, 0.5) is 36.6 Å². The predicted molar refractivity (Wildman–Crippen MR) is 190 cm³/mol. The highest BCUT2D eigenvalue weighted by Crippen LogP contribution is 2.48. The van der Waals surface area contributed by atoms with E-state index in [0.717, 1.165) is 51.6 Å². The van der Waals surface area contributed by atoms with Gasteiger partial charge < -0.3 is 20.3 Å². The Morgan fingerprint density at radius 2 is 1.78 bits per heavy atom. The number of allylic oxidation sites excluding steroid dienone is 7. The Kier molecular flexibility index (Phi) is 14.4. The second-order valence-corrected chi connectivity index (χ2v) is 14.0. The van der Waals surface area contributed by atoms with E-state index < -0.39 is 57.7 Å². The van der Waals surface area contributed by atoms with Crippen LogP contribution < -0.4 is 5.73 Å². The van der Waals surface area contributed by atoms with Gasteiger partial charge in [-0.1, -0.05) is 41.0 Å². The zero-order valence-corrected chi connectivity index (χ0v) is 31.3. The number of nitrogen functional groups attached to an aromatic ring is 1. The molecule has 2 heterocycles. The minimum Gasteiger partial charge on any atom is -0.476 e. The van der Waals surface area contributed by atoms with Crippen molar-refractivity contribution in [3.63, 3.8) is 0 Å². The first kappa shape index (κ1) is 42.1. The summed E-state index contributed by atoms with van der Waals surface area (Å²) in [5.74, 6) is -1.62. The summed E-state index contributed by atoms with van der Waals surface area (Å²) in [5.41, 5.74) is -0.875. The number of aliphatic imine (C=N–C) groups is 1. The van der Waals surface area contributed by atoms with Crippen molar-refractivity contribution in [3.05, 3.63) is 63.6 Å². The molecule has 3 atom stereocenters. The highest BCUT2D eigenvalue weighted by Gasteiger charge is 2.47. The SMILES string of the molecule is CC/C=C(/N=C1/C(F)=C(c2nc(N)cc(C)c2C(F)(F)F)C(C(F)(F)F)=C/C1=C(/C)N(CC)C(CCC(C)CC)C(C)C)OCC1CCCN1C. The monoisotopic (exact) mass is 729 g/mol. The van der Waals surface area contributed by atoms with Crippen LogP contribution in [0.25, 0.3) is 5.57 Å². The van der Waals surface area contributed by atoms with Crippen LogP contribution in [0.3, 0.4) is 0 Å². The van der Waals surface area contributed by atoms with Gasteiger partial charge in [-0.25, -0.2) is 14.4 Å². The largest absolute Gasteiger partial charge is 0.476 e. The summed E-state index contributed by atoms with van der Waals surface area (Å²) >= 11 is 0. The van der Waals surface area contributed by atoms with E-state index in [1.165, 1.54) is 0 Å². The van der Waals surface area contributed by atoms with E-state index in [0.29, 0.717) is 30.7 Å². The van der Waals surface area contributed by atoms with Crippen LogP contribution in [0, 0.1) is 18.8 Å². The number of hydrogen-bond donors (Lipinski definition) is 1. The highest BCUT2D eigenvalue weighted by atomic mass is 19.4. The van der Waals surface area contributed by atoms with E-state index in [4.69, 9.17) is 10.5 Å². The molecule has 1 saturated heterocycles. The van der Waals surface area contributed by atoms with E-state index in [1.807, 2.05) is 32.7 Å². The number of nitrogens with zero attached hydrogens (tertiary/aromatic N) is 4. The minimum atomic E-state index is -5.27. The Hall–Kier alpha value is -3.35. The molecular weight excluding hydrogens is 675 g/mol. The first-order valence-electron chi connectivity index (χ1n) is 17.9. The smallest absolute Gasteiger partial charge is 0.418 e. The second-order valence-electron chi connectivity index (χ2n) is 14.0. The van der Waals surface area contributed by atoms with Gasteiger partial charge in [-0.3, -0.25) is 0 Å². The van der Waals surface area contributed by atoms with Gasteiger partial charge in [-0.2, -0.15) is 26.3 Å². The van der Waals surface area contributed by atoms with Gasteiger partial charge in [0.05, 0.1) is 22.4 Å². The average molecular weight is 730 g/mol. The van der Waals surface area contributed by atoms with Crippen LogP contribution >= 0.6 is 0 Å². The molecule has 1 aromatic rings. The summed E-state index contributed by atoms with van der Waals surface area (Å²) in [6.07, 6.45) is -3.39. The molecule has 1 aliphatic heterocycles. The van der Waals surface area contributed by atoms with Crippen molar-refractivity contribution >= 4 is 17.1 Å². The van der Waals surface area contributed by atoms with Gasteiger partial charge in [0.2, 0.25) is 5.88 Å². The summed E-state index contributed by atoms with van der Waals surface area (Å²) < 4.78 is 112. The number of nitrogens with two attached hydrogens (primary N) is 1. The quantitative estimate of drug-likeness (QED) is 0.153. The zero-order valence-electron chi connectivity index (χ0n) is 31.3.